The molecule has 0 atom stereocenters. The topological polar surface area (TPSA) is 73.3 Å². The minimum Gasteiger partial charge on any atom is -0.323 e. The SMILES string of the molecule is Cc1nc(CCn2cccc(C(F)(F)F)c2=O)sc1/C(Cc1ccc(F)cc1F)=N\N. The largest absolute Gasteiger partial charge is 0.421 e. The van der Waals surface area contributed by atoms with E-state index in [-0.39, 0.29) is 24.9 Å². The second-order valence-corrected chi connectivity index (χ2v) is 7.76. The molecule has 0 radical (unpaired) electrons. The Morgan fingerprint density at radius 1 is 1.26 bits per heavy atom. The smallest absolute Gasteiger partial charge is 0.323 e. The monoisotopic (exact) mass is 456 g/mol. The summed E-state index contributed by atoms with van der Waals surface area (Å²) >= 11 is 1.20. The molecule has 31 heavy (non-hydrogen) atoms. The molecule has 164 valence electrons. The molecule has 0 spiro atoms. The van der Waals surface area contributed by atoms with Crippen LogP contribution in [0.25, 0.3) is 0 Å². The van der Waals surface area contributed by atoms with E-state index in [4.69, 9.17) is 5.84 Å². The number of rotatable bonds is 6. The van der Waals surface area contributed by atoms with Gasteiger partial charge in [-0.3, -0.25) is 4.79 Å². The maximum Gasteiger partial charge on any atom is 0.421 e. The molecule has 0 saturated heterocycles. The van der Waals surface area contributed by atoms with Crippen molar-refractivity contribution in [2.45, 2.75) is 32.5 Å². The van der Waals surface area contributed by atoms with Gasteiger partial charge in [-0.15, -0.1) is 11.3 Å². The third kappa shape index (κ3) is 5.16. The Labute approximate surface area is 177 Å². The Morgan fingerprint density at radius 2 is 2.00 bits per heavy atom. The van der Waals surface area contributed by atoms with E-state index in [1.807, 2.05) is 0 Å². The van der Waals surface area contributed by atoms with Crippen LogP contribution in [0.4, 0.5) is 22.0 Å². The summed E-state index contributed by atoms with van der Waals surface area (Å²) in [6.45, 7) is 1.69. The van der Waals surface area contributed by atoms with Crippen molar-refractivity contribution in [2.24, 2.45) is 10.9 Å². The summed E-state index contributed by atoms with van der Waals surface area (Å²) in [5.41, 5.74) is -1.26. The van der Waals surface area contributed by atoms with Crippen LogP contribution < -0.4 is 11.4 Å². The molecule has 2 N–H and O–H groups in total. The van der Waals surface area contributed by atoms with Crippen LogP contribution in [0, 0.1) is 18.6 Å². The van der Waals surface area contributed by atoms with Crippen molar-refractivity contribution >= 4 is 17.0 Å². The first kappa shape index (κ1) is 22.6. The quantitative estimate of drug-likeness (QED) is 0.263. The van der Waals surface area contributed by atoms with Crippen molar-refractivity contribution in [2.75, 3.05) is 0 Å². The summed E-state index contributed by atoms with van der Waals surface area (Å²) in [6.07, 6.45) is -3.23. The Balaban J connectivity index is 1.79. The second kappa shape index (κ2) is 8.96. The Bertz CT molecular complexity index is 1180. The number of alkyl halides is 3. The van der Waals surface area contributed by atoms with Gasteiger partial charge in [-0.25, -0.2) is 13.8 Å². The normalized spacial score (nSPS) is 12.4. The molecule has 3 rings (SSSR count). The van der Waals surface area contributed by atoms with Gasteiger partial charge in [0.2, 0.25) is 0 Å². The van der Waals surface area contributed by atoms with Gasteiger partial charge >= 0.3 is 6.18 Å². The minimum atomic E-state index is -4.73. The number of benzene rings is 1. The predicted molar refractivity (Wildman–Crippen MR) is 107 cm³/mol. The van der Waals surface area contributed by atoms with Crippen LogP contribution in [0.5, 0.6) is 0 Å². The van der Waals surface area contributed by atoms with Gasteiger partial charge in [-0.1, -0.05) is 6.07 Å². The molecule has 0 amide bonds. The van der Waals surface area contributed by atoms with Crippen molar-refractivity contribution in [3.8, 4) is 0 Å². The molecule has 0 saturated carbocycles. The van der Waals surface area contributed by atoms with Crippen LogP contribution in [0.15, 0.2) is 46.4 Å². The van der Waals surface area contributed by atoms with Gasteiger partial charge in [0.25, 0.3) is 5.56 Å². The molecule has 0 aliphatic rings. The van der Waals surface area contributed by atoms with Crippen LogP contribution in [0.1, 0.15) is 26.7 Å². The summed E-state index contributed by atoms with van der Waals surface area (Å²) < 4.78 is 66.8. The van der Waals surface area contributed by atoms with E-state index in [0.717, 1.165) is 22.8 Å². The lowest BCUT2D eigenvalue weighted by atomic mass is 10.1. The first-order chi connectivity index (χ1) is 14.6. The molecule has 2 aromatic heterocycles. The summed E-state index contributed by atoms with van der Waals surface area (Å²) in [5, 5.41) is 4.26. The van der Waals surface area contributed by atoms with Crippen molar-refractivity contribution < 1.29 is 22.0 Å². The lowest BCUT2D eigenvalue weighted by Gasteiger charge is -2.09. The summed E-state index contributed by atoms with van der Waals surface area (Å²) in [4.78, 5) is 17.0. The average Bonchev–Trinajstić information content (AvgIpc) is 3.06. The van der Waals surface area contributed by atoms with Crippen molar-refractivity contribution in [3.05, 3.63) is 85.2 Å². The van der Waals surface area contributed by atoms with Gasteiger partial charge in [0.05, 0.1) is 21.3 Å². The lowest BCUT2D eigenvalue weighted by Crippen LogP contribution is -2.28. The Kier molecular flexibility index (Phi) is 6.54. The van der Waals surface area contributed by atoms with Crippen LogP contribution in [-0.2, 0) is 25.6 Å². The Morgan fingerprint density at radius 3 is 2.65 bits per heavy atom. The number of hydrogen-bond donors (Lipinski definition) is 1. The highest BCUT2D eigenvalue weighted by Gasteiger charge is 2.34. The molecule has 0 aliphatic heterocycles. The van der Waals surface area contributed by atoms with E-state index in [1.165, 1.54) is 29.7 Å². The second-order valence-electron chi connectivity index (χ2n) is 6.68. The number of nitrogens with two attached hydrogens (primary N) is 1. The van der Waals surface area contributed by atoms with Gasteiger partial charge in [0, 0.05) is 31.6 Å². The molecular formula is C20H17F5N4OS. The zero-order valence-electron chi connectivity index (χ0n) is 16.2. The maximum absolute atomic E-state index is 14.0. The molecule has 2 heterocycles. The third-order valence-electron chi connectivity index (χ3n) is 4.52. The van der Waals surface area contributed by atoms with E-state index in [1.54, 1.807) is 6.92 Å². The minimum absolute atomic E-state index is 0.00314. The van der Waals surface area contributed by atoms with E-state index in [9.17, 15) is 26.7 Å². The summed E-state index contributed by atoms with van der Waals surface area (Å²) in [5.74, 6) is 4.04. The molecule has 0 unspecified atom stereocenters. The van der Waals surface area contributed by atoms with Gasteiger partial charge in [0.15, 0.2) is 0 Å². The lowest BCUT2D eigenvalue weighted by molar-refractivity contribution is -0.139. The molecular weight excluding hydrogens is 439 g/mol. The standard InChI is InChI=1S/C20H17F5N4OS/c1-11-18(16(28-26)9-12-4-5-13(21)10-15(12)22)31-17(27-11)6-8-29-7-2-3-14(19(29)30)20(23,24)25/h2-5,7,10H,6,8-9,26H2,1H3/b28-16-. The summed E-state index contributed by atoms with van der Waals surface area (Å²) in [6, 6.07) is 5.10. The molecule has 5 nitrogen and oxygen atoms in total. The number of halogens is 5. The molecule has 0 aliphatic carbocycles. The van der Waals surface area contributed by atoms with Gasteiger partial charge in [-0.05, 0) is 30.7 Å². The summed E-state index contributed by atoms with van der Waals surface area (Å²) in [7, 11) is 0. The van der Waals surface area contributed by atoms with Crippen molar-refractivity contribution in [3.63, 3.8) is 0 Å². The number of hydrogen-bond acceptors (Lipinski definition) is 5. The number of aromatic nitrogens is 2. The van der Waals surface area contributed by atoms with Gasteiger partial charge in [-0.2, -0.15) is 18.3 Å². The van der Waals surface area contributed by atoms with Gasteiger partial charge < -0.3 is 10.4 Å². The van der Waals surface area contributed by atoms with Crippen LogP contribution in [0.3, 0.4) is 0 Å². The zero-order chi connectivity index (χ0) is 22.8. The number of nitrogens with zero attached hydrogens (tertiary/aromatic N) is 3. The molecule has 11 heteroatoms. The van der Waals surface area contributed by atoms with Crippen molar-refractivity contribution in [1.29, 1.82) is 0 Å². The first-order valence-electron chi connectivity index (χ1n) is 9.04. The predicted octanol–water partition coefficient (Wildman–Crippen LogP) is 4.06. The maximum atomic E-state index is 14.0. The van der Waals surface area contributed by atoms with E-state index in [0.29, 0.717) is 21.3 Å². The van der Waals surface area contributed by atoms with Crippen LogP contribution in [-0.4, -0.2) is 15.3 Å². The number of aryl methyl sites for hydroxylation is 3. The fraction of sp³-hybridized carbons (Fsp3) is 0.250. The highest BCUT2D eigenvalue weighted by atomic mass is 32.1. The molecule has 3 aromatic rings. The van der Waals surface area contributed by atoms with E-state index < -0.39 is 28.9 Å². The van der Waals surface area contributed by atoms with Gasteiger partial charge in [0.1, 0.15) is 17.2 Å². The fourth-order valence-electron chi connectivity index (χ4n) is 3.00. The molecule has 1 aromatic carbocycles. The van der Waals surface area contributed by atoms with Crippen LogP contribution in [0.2, 0.25) is 0 Å². The molecule has 0 fully saturated rings. The fourth-order valence-corrected chi connectivity index (χ4v) is 4.05. The average molecular weight is 456 g/mol. The molecule has 0 bridgehead atoms. The number of hydrazone groups is 1. The van der Waals surface area contributed by atoms with Crippen molar-refractivity contribution in [1.82, 2.24) is 9.55 Å². The highest BCUT2D eigenvalue weighted by Crippen LogP contribution is 2.26. The highest BCUT2D eigenvalue weighted by molar-refractivity contribution is 7.13. The zero-order valence-corrected chi connectivity index (χ0v) is 17.0. The van der Waals surface area contributed by atoms with E-state index in [2.05, 4.69) is 10.1 Å². The van der Waals surface area contributed by atoms with Crippen LogP contribution >= 0.6 is 11.3 Å². The van der Waals surface area contributed by atoms with E-state index >= 15 is 0 Å². The first-order valence-corrected chi connectivity index (χ1v) is 9.85. The number of pyridine rings is 1. The third-order valence-corrected chi connectivity index (χ3v) is 5.79. The number of thiazole rings is 1. The Hall–Kier alpha value is -3.08.